The molecule has 0 N–H and O–H groups in total. The van der Waals surface area contributed by atoms with Crippen LogP contribution in [0.25, 0.3) is 0 Å². The van der Waals surface area contributed by atoms with Crippen LogP contribution < -0.4 is 4.74 Å². The number of unbranched alkanes of at least 4 members (excludes halogenated alkanes) is 3. The molecule has 7 heteroatoms. The van der Waals surface area contributed by atoms with Crippen molar-refractivity contribution in [3.63, 3.8) is 0 Å². The highest BCUT2D eigenvalue weighted by Crippen LogP contribution is 2.46. The lowest BCUT2D eigenvalue weighted by Gasteiger charge is -2.18. The van der Waals surface area contributed by atoms with Gasteiger partial charge in [0.05, 0.1) is 13.7 Å². The summed E-state index contributed by atoms with van der Waals surface area (Å²) in [6, 6.07) is 7.45. The smallest absolute Gasteiger partial charge is 0.337 e. The van der Waals surface area contributed by atoms with Gasteiger partial charge in [0, 0.05) is 14.2 Å². The third kappa shape index (κ3) is 9.16. The molecule has 0 fully saturated rings. The fourth-order valence-electron chi connectivity index (χ4n) is 2.56. The number of benzene rings is 1. The first-order chi connectivity index (χ1) is 13.5. The minimum absolute atomic E-state index is 0.272. The Balaban J connectivity index is 2.72. The number of hydrogen-bond acceptors (Lipinski definition) is 6. The molecule has 0 spiro atoms. The molecule has 0 unspecified atom stereocenters. The van der Waals surface area contributed by atoms with Gasteiger partial charge in [0.2, 0.25) is 0 Å². The van der Waals surface area contributed by atoms with Crippen LogP contribution in [0.3, 0.4) is 0 Å². The van der Waals surface area contributed by atoms with E-state index in [2.05, 4.69) is 13.0 Å². The van der Waals surface area contributed by atoms with Crippen LogP contribution in [0.4, 0.5) is 0 Å². The van der Waals surface area contributed by atoms with E-state index in [1.165, 1.54) is 27.1 Å². The highest BCUT2D eigenvalue weighted by molar-refractivity contribution is 7.54. The fraction of sp³-hybridized carbons (Fsp3) is 0.571. The van der Waals surface area contributed by atoms with Gasteiger partial charge in [0.15, 0.2) is 5.78 Å². The molecule has 0 aromatic heterocycles. The molecule has 1 rings (SSSR count). The van der Waals surface area contributed by atoms with Crippen molar-refractivity contribution in [2.45, 2.75) is 51.7 Å². The number of hydrogen-bond donors (Lipinski definition) is 0. The van der Waals surface area contributed by atoms with E-state index in [1.807, 2.05) is 30.3 Å². The minimum Gasteiger partial charge on any atom is -0.497 e. The minimum atomic E-state index is -3.42. The van der Waals surface area contributed by atoms with Crippen LogP contribution in [0, 0.1) is 0 Å². The lowest BCUT2D eigenvalue weighted by atomic mass is 10.1. The molecule has 6 nitrogen and oxygen atoms in total. The van der Waals surface area contributed by atoms with Crippen LogP contribution in [-0.2, 0) is 29.8 Å². The molecule has 1 atom stereocenters. The maximum atomic E-state index is 12.7. The number of Topliss-reactive ketones (excluding diaryl/α,β-unsaturated/α-hetero) is 1. The van der Waals surface area contributed by atoms with Gasteiger partial charge in [-0.25, -0.2) is 0 Å². The Hall–Kier alpha value is -1.46. The molecule has 0 saturated carbocycles. The van der Waals surface area contributed by atoms with Gasteiger partial charge in [-0.1, -0.05) is 44.1 Å². The number of ether oxygens (including phenoxy) is 2. The first-order valence-corrected chi connectivity index (χ1v) is 11.3. The van der Waals surface area contributed by atoms with Crippen LogP contribution in [0.5, 0.6) is 5.75 Å². The van der Waals surface area contributed by atoms with Crippen molar-refractivity contribution in [1.82, 2.24) is 0 Å². The second kappa shape index (κ2) is 13.7. The van der Waals surface area contributed by atoms with Crippen molar-refractivity contribution >= 4 is 13.4 Å². The SMILES string of the molecule is CCCCC/C=C\C[C@H](OCc1ccc(OC)cc1)C(=O)CP(=O)(OC)OC. The largest absolute Gasteiger partial charge is 0.497 e. The van der Waals surface area contributed by atoms with Crippen molar-refractivity contribution in [3.8, 4) is 5.75 Å². The summed E-state index contributed by atoms with van der Waals surface area (Å²) in [7, 11) is 0.739. The number of allylic oxidation sites excluding steroid dienone is 1. The summed E-state index contributed by atoms with van der Waals surface area (Å²) in [6.07, 6.45) is 7.89. The van der Waals surface area contributed by atoms with Crippen molar-refractivity contribution in [1.29, 1.82) is 0 Å². The topological polar surface area (TPSA) is 71.1 Å². The van der Waals surface area contributed by atoms with E-state index >= 15 is 0 Å². The number of carbonyl (C=O) groups is 1. The quantitative estimate of drug-likeness (QED) is 0.225. The molecule has 0 bridgehead atoms. The van der Waals surface area contributed by atoms with E-state index in [9.17, 15) is 9.36 Å². The van der Waals surface area contributed by atoms with E-state index in [0.29, 0.717) is 6.42 Å². The van der Waals surface area contributed by atoms with Crippen LogP contribution in [0.2, 0.25) is 0 Å². The Morgan fingerprint density at radius 3 is 2.32 bits per heavy atom. The molecule has 1 aromatic rings. The summed E-state index contributed by atoms with van der Waals surface area (Å²) in [5.41, 5.74) is 0.923. The molecule has 1 aromatic carbocycles. The predicted octanol–water partition coefficient (Wildman–Crippen LogP) is 5.16. The highest BCUT2D eigenvalue weighted by atomic mass is 31.2. The van der Waals surface area contributed by atoms with Crippen LogP contribution in [-0.4, -0.2) is 39.4 Å². The molecule has 0 aliphatic heterocycles. The summed E-state index contributed by atoms with van der Waals surface area (Å²) in [4.78, 5) is 12.7. The van der Waals surface area contributed by atoms with Gasteiger partial charge >= 0.3 is 7.60 Å². The molecule has 158 valence electrons. The Morgan fingerprint density at radius 1 is 1.07 bits per heavy atom. The molecular formula is C21H33O6P. The maximum Gasteiger partial charge on any atom is 0.337 e. The Morgan fingerprint density at radius 2 is 1.75 bits per heavy atom. The average Bonchev–Trinajstić information content (AvgIpc) is 2.72. The second-order valence-corrected chi connectivity index (χ2v) is 8.72. The molecule has 0 heterocycles. The van der Waals surface area contributed by atoms with Gasteiger partial charge in [-0.3, -0.25) is 9.36 Å². The zero-order valence-electron chi connectivity index (χ0n) is 17.4. The van der Waals surface area contributed by atoms with Gasteiger partial charge in [-0.2, -0.15) is 0 Å². The molecule has 28 heavy (non-hydrogen) atoms. The van der Waals surface area contributed by atoms with Crippen molar-refractivity contribution in [3.05, 3.63) is 42.0 Å². The standard InChI is InChI=1S/C21H33O6P/c1-5-6-7-8-9-10-11-21(20(22)17-28(23,25-3)26-4)27-16-18-12-14-19(24-2)15-13-18/h9-10,12-15,21H,5-8,11,16-17H2,1-4H3/b10-9-/t21-/m0/s1. The van der Waals surface area contributed by atoms with Crippen molar-refractivity contribution in [2.75, 3.05) is 27.5 Å². The fourth-order valence-corrected chi connectivity index (χ4v) is 3.55. The molecule has 0 saturated heterocycles. The van der Waals surface area contributed by atoms with Gasteiger partial charge in [0.25, 0.3) is 0 Å². The molecule has 0 radical (unpaired) electrons. The number of methoxy groups -OCH3 is 1. The Kier molecular flexibility index (Phi) is 12.0. The van der Waals surface area contributed by atoms with E-state index in [-0.39, 0.29) is 18.6 Å². The maximum absolute atomic E-state index is 12.7. The molecule has 0 aliphatic carbocycles. The highest BCUT2D eigenvalue weighted by Gasteiger charge is 2.30. The third-order valence-corrected chi connectivity index (χ3v) is 6.18. The monoisotopic (exact) mass is 412 g/mol. The summed E-state index contributed by atoms with van der Waals surface area (Å²) in [5.74, 6) is 0.464. The number of ketones is 1. The third-order valence-electron chi connectivity index (χ3n) is 4.37. The molecule has 0 amide bonds. The summed E-state index contributed by atoms with van der Waals surface area (Å²) >= 11 is 0. The van der Waals surface area contributed by atoms with E-state index in [0.717, 1.165) is 24.2 Å². The van der Waals surface area contributed by atoms with Crippen molar-refractivity contribution in [2.24, 2.45) is 0 Å². The van der Waals surface area contributed by atoms with Crippen molar-refractivity contribution < 1.29 is 27.9 Å². The Labute approximate surface area is 168 Å². The van der Waals surface area contributed by atoms with E-state index in [1.54, 1.807) is 7.11 Å². The molecular weight excluding hydrogens is 379 g/mol. The average molecular weight is 412 g/mol. The van der Waals surface area contributed by atoms with Gasteiger partial charge in [-0.05, 0) is 37.0 Å². The summed E-state index contributed by atoms with van der Waals surface area (Å²) in [5, 5.41) is 0. The van der Waals surface area contributed by atoms with Crippen LogP contribution >= 0.6 is 7.60 Å². The predicted molar refractivity (Wildman–Crippen MR) is 111 cm³/mol. The molecule has 0 aliphatic rings. The van der Waals surface area contributed by atoms with Crippen LogP contribution in [0.1, 0.15) is 44.6 Å². The van der Waals surface area contributed by atoms with E-state index < -0.39 is 13.7 Å². The second-order valence-electron chi connectivity index (χ2n) is 6.45. The summed E-state index contributed by atoms with van der Waals surface area (Å²) in [6.45, 7) is 2.43. The number of carbonyl (C=O) groups excluding carboxylic acids is 1. The lowest BCUT2D eigenvalue weighted by Crippen LogP contribution is -2.27. The van der Waals surface area contributed by atoms with Crippen LogP contribution in [0.15, 0.2) is 36.4 Å². The first-order valence-electron chi connectivity index (χ1n) is 9.60. The van der Waals surface area contributed by atoms with E-state index in [4.69, 9.17) is 18.5 Å². The van der Waals surface area contributed by atoms with Gasteiger partial charge in [-0.15, -0.1) is 0 Å². The number of rotatable bonds is 15. The normalized spacial score (nSPS) is 13.0. The zero-order chi connectivity index (χ0) is 20.8. The lowest BCUT2D eigenvalue weighted by molar-refractivity contribution is -0.128. The summed E-state index contributed by atoms with van der Waals surface area (Å²) < 4.78 is 33.1. The zero-order valence-corrected chi connectivity index (χ0v) is 18.3. The van der Waals surface area contributed by atoms with Gasteiger partial charge in [0.1, 0.15) is 18.0 Å². The van der Waals surface area contributed by atoms with Gasteiger partial charge < -0.3 is 18.5 Å². The Bertz CT molecular complexity index is 633. The first kappa shape index (κ1) is 24.6.